The van der Waals surface area contributed by atoms with Crippen molar-refractivity contribution < 1.29 is 18.9 Å². The summed E-state index contributed by atoms with van der Waals surface area (Å²) in [6, 6.07) is 0. The first-order valence-corrected chi connectivity index (χ1v) is 3.20. The molecule has 0 aliphatic carbocycles. The van der Waals surface area contributed by atoms with Crippen molar-refractivity contribution in [2.45, 2.75) is 6.42 Å². The minimum absolute atomic E-state index is 0.00315. The highest BCUT2D eigenvalue weighted by molar-refractivity contribution is 5.72. The summed E-state index contributed by atoms with van der Waals surface area (Å²) in [5.74, 6) is -0.204. The van der Waals surface area contributed by atoms with Crippen LogP contribution in [0, 0.1) is 0 Å². The summed E-state index contributed by atoms with van der Waals surface area (Å²) in [5, 5.41) is 6.87. The van der Waals surface area contributed by atoms with Gasteiger partial charge in [0, 0.05) is 0 Å². The number of ether oxygens (including phenoxy) is 2. The van der Waals surface area contributed by atoms with E-state index in [1.807, 2.05) is 0 Å². The SMILES string of the molecule is COC(=O)Cc1nonc1OC. The zero-order chi connectivity index (χ0) is 8.97. The lowest BCUT2D eigenvalue weighted by atomic mass is 10.3. The minimum Gasteiger partial charge on any atom is -0.477 e. The Kier molecular flexibility index (Phi) is 2.62. The molecule has 1 aromatic heterocycles. The van der Waals surface area contributed by atoms with Crippen LogP contribution in [0.1, 0.15) is 5.69 Å². The van der Waals surface area contributed by atoms with Crippen LogP contribution >= 0.6 is 0 Å². The number of esters is 1. The van der Waals surface area contributed by atoms with Gasteiger partial charge in [0.1, 0.15) is 0 Å². The van der Waals surface area contributed by atoms with Crippen molar-refractivity contribution in [1.29, 1.82) is 0 Å². The number of hydrogen-bond acceptors (Lipinski definition) is 6. The van der Waals surface area contributed by atoms with E-state index in [0.29, 0.717) is 5.69 Å². The Morgan fingerprint density at radius 1 is 1.50 bits per heavy atom. The van der Waals surface area contributed by atoms with Crippen LogP contribution in [0.2, 0.25) is 0 Å². The quantitative estimate of drug-likeness (QED) is 0.587. The van der Waals surface area contributed by atoms with Crippen LogP contribution in [0.5, 0.6) is 5.88 Å². The predicted molar refractivity (Wildman–Crippen MR) is 36.6 cm³/mol. The van der Waals surface area contributed by atoms with Crippen LogP contribution in [-0.4, -0.2) is 30.5 Å². The summed E-state index contributed by atoms with van der Waals surface area (Å²) in [6.07, 6.45) is 0.00315. The zero-order valence-corrected chi connectivity index (χ0v) is 6.73. The van der Waals surface area contributed by atoms with Crippen LogP contribution in [0.4, 0.5) is 0 Å². The fourth-order valence-corrected chi connectivity index (χ4v) is 0.670. The third-order valence-corrected chi connectivity index (χ3v) is 1.25. The number of aromatic nitrogens is 2. The van der Waals surface area contributed by atoms with Crippen LogP contribution < -0.4 is 4.74 Å². The number of methoxy groups -OCH3 is 2. The van der Waals surface area contributed by atoms with Crippen molar-refractivity contribution in [3.05, 3.63) is 5.69 Å². The van der Waals surface area contributed by atoms with E-state index in [1.165, 1.54) is 14.2 Å². The number of carbonyl (C=O) groups is 1. The molecule has 66 valence electrons. The van der Waals surface area contributed by atoms with E-state index in [4.69, 9.17) is 4.74 Å². The topological polar surface area (TPSA) is 74.5 Å². The summed E-state index contributed by atoms with van der Waals surface area (Å²) in [5.41, 5.74) is 0.337. The van der Waals surface area contributed by atoms with Crippen molar-refractivity contribution >= 4 is 5.97 Å². The Morgan fingerprint density at radius 2 is 2.25 bits per heavy atom. The van der Waals surface area contributed by atoms with Gasteiger partial charge in [-0.05, 0) is 5.16 Å². The highest BCUT2D eigenvalue weighted by Gasteiger charge is 2.14. The monoisotopic (exact) mass is 172 g/mol. The normalized spacial score (nSPS) is 9.50. The van der Waals surface area contributed by atoms with Crippen molar-refractivity contribution in [2.75, 3.05) is 14.2 Å². The second-order valence-corrected chi connectivity index (χ2v) is 1.97. The molecule has 0 unspecified atom stereocenters. The molecule has 6 heteroatoms. The maximum atomic E-state index is 10.8. The number of hydrogen-bond donors (Lipinski definition) is 0. The van der Waals surface area contributed by atoms with Gasteiger partial charge in [0.05, 0.1) is 20.6 Å². The predicted octanol–water partition coefficient (Wildman–Crippen LogP) is -0.206. The Labute approximate surface area is 68.4 Å². The van der Waals surface area contributed by atoms with Gasteiger partial charge in [0.25, 0.3) is 5.88 Å². The first-order chi connectivity index (χ1) is 5.77. The molecule has 0 fully saturated rings. The molecule has 0 aliphatic heterocycles. The van der Waals surface area contributed by atoms with Gasteiger partial charge in [-0.25, -0.2) is 4.63 Å². The number of nitrogens with zero attached hydrogens (tertiary/aromatic N) is 2. The highest BCUT2D eigenvalue weighted by atomic mass is 16.6. The Morgan fingerprint density at radius 3 is 2.83 bits per heavy atom. The summed E-state index contributed by atoms with van der Waals surface area (Å²) < 4.78 is 13.5. The summed E-state index contributed by atoms with van der Waals surface area (Å²) in [6.45, 7) is 0. The van der Waals surface area contributed by atoms with Crippen LogP contribution in [0.25, 0.3) is 0 Å². The second-order valence-electron chi connectivity index (χ2n) is 1.97. The van der Waals surface area contributed by atoms with E-state index >= 15 is 0 Å². The summed E-state index contributed by atoms with van der Waals surface area (Å²) in [4.78, 5) is 10.8. The van der Waals surface area contributed by atoms with Crippen molar-refractivity contribution in [1.82, 2.24) is 10.3 Å². The smallest absolute Gasteiger partial charge is 0.311 e. The lowest BCUT2D eigenvalue weighted by Gasteiger charge is -1.95. The Balaban J connectivity index is 2.68. The fraction of sp³-hybridized carbons (Fsp3) is 0.500. The highest BCUT2D eigenvalue weighted by Crippen LogP contribution is 2.11. The van der Waals surface area contributed by atoms with Gasteiger partial charge in [-0.2, -0.15) is 0 Å². The van der Waals surface area contributed by atoms with E-state index in [1.54, 1.807) is 0 Å². The molecule has 0 bridgehead atoms. The van der Waals surface area contributed by atoms with Crippen molar-refractivity contribution in [3.8, 4) is 5.88 Å². The van der Waals surface area contributed by atoms with E-state index in [9.17, 15) is 4.79 Å². The molecule has 0 N–H and O–H groups in total. The molecule has 1 heterocycles. The molecule has 1 aromatic rings. The number of carbonyl (C=O) groups excluding carboxylic acids is 1. The van der Waals surface area contributed by atoms with E-state index < -0.39 is 5.97 Å². The molecule has 0 saturated heterocycles. The molecule has 12 heavy (non-hydrogen) atoms. The molecule has 0 amide bonds. The number of rotatable bonds is 3. The first-order valence-electron chi connectivity index (χ1n) is 3.20. The van der Waals surface area contributed by atoms with Gasteiger partial charge in [-0.15, -0.1) is 0 Å². The van der Waals surface area contributed by atoms with E-state index in [-0.39, 0.29) is 12.3 Å². The molecule has 6 nitrogen and oxygen atoms in total. The minimum atomic E-state index is -0.413. The maximum Gasteiger partial charge on any atom is 0.311 e. The average Bonchev–Trinajstić information content (AvgIpc) is 2.51. The molecule has 1 rings (SSSR count). The molecule has 0 aliphatic rings. The van der Waals surface area contributed by atoms with Gasteiger partial charge < -0.3 is 9.47 Å². The zero-order valence-electron chi connectivity index (χ0n) is 6.73. The average molecular weight is 172 g/mol. The third kappa shape index (κ3) is 1.71. The molecule has 0 aromatic carbocycles. The van der Waals surface area contributed by atoms with E-state index in [2.05, 4.69) is 19.7 Å². The molecular formula is C6H8N2O4. The third-order valence-electron chi connectivity index (χ3n) is 1.25. The lowest BCUT2D eigenvalue weighted by molar-refractivity contribution is -0.139. The van der Waals surface area contributed by atoms with Crippen LogP contribution in [0.15, 0.2) is 4.63 Å². The van der Waals surface area contributed by atoms with Gasteiger partial charge in [0.2, 0.25) is 0 Å². The summed E-state index contributed by atoms with van der Waals surface area (Å²) in [7, 11) is 2.71. The maximum absolute atomic E-state index is 10.8. The van der Waals surface area contributed by atoms with Crippen molar-refractivity contribution in [2.24, 2.45) is 0 Å². The van der Waals surface area contributed by atoms with Gasteiger partial charge in [0.15, 0.2) is 5.69 Å². The Hall–Kier alpha value is -1.59. The van der Waals surface area contributed by atoms with Gasteiger partial charge in [-0.1, -0.05) is 5.16 Å². The Bertz CT molecular complexity index is 270. The largest absolute Gasteiger partial charge is 0.477 e. The lowest BCUT2D eigenvalue weighted by Crippen LogP contribution is -2.05. The standard InChI is InChI=1S/C6H8N2O4/c1-10-5(9)3-4-6(11-2)8-12-7-4/h3H2,1-2H3. The van der Waals surface area contributed by atoms with E-state index in [0.717, 1.165) is 0 Å². The first kappa shape index (κ1) is 8.51. The van der Waals surface area contributed by atoms with Gasteiger partial charge in [-0.3, -0.25) is 4.79 Å². The fourth-order valence-electron chi connectivity index (χ4n) is 0.670. The van der Waals surface area contributed by atoms with Crippen LogP contribution in [-0.2, 0) is 16.0 Å². The molecule has 0 saturated carbocycles. The van der Waals surface area contributed by atoms with Crippen molar-refractivity contribution in [3.63, 3.8) is 0 Å². The second kappa shape index (κ2) is 3.70. The molecule has 0 atom stereocenters. The van der Waals surface area contributed by atoms with Gasteiger partial charge >= 0.3 is 5.97 Å². The molecular weight excluding hydrogens is 164 g/mol. The van der Waals surface area contributed by atoms with Crippen LogP contribution in [0.3, 0.4) is 0 Å². The molecule has 0 radical (unpaired) electrons. The molecule has 0 spiro atoms. The summed E-state index contributed by atoms with van der Waals surface area (Å²) >= 11 is 0.